The number of rotatable bonds is 5. The number of fused-ring (bicyclic) bond motifs is 1. The zero-order valence-electron chi connectivity index (χ0n) is 11.1. The fourth-order valence-corrected chi connectivity index (χ4v) is 2.61. The van der Waals surface area contributed by atoms with Gasteiger partial charge < -0.3 is 5.32 Å². The third-order valence-electron chi connectivity index (χ3n) is 3.28. The van der Waals surface area contributed by atoms with Gasteiger partial charge in [-0.05, 0) is 19.4 Å². The molecular weight excluding hydrogens is 298 g/mol. The van der Waals surface area contributed by atoms with Crippen molar-refractivity contribution in [1.82, 2.24) is 15.3 Å². The summed E-state index contributed by atoms with van der Waals surface area (Å²) in [4.78, 5) is 33.1. The van der Waals surface area contributed by atoms with Gasteiger partial charge in [-0.3, -0.25) is 9.59 Å². The number of carbonyl (C=O) groups excluding carboxylic acids is 2. The van der Waals surface area contributed by atoms with Gasteiger partial charge in [0.2, 0.25) is 0 Å². The number of Topliss-reactive ketones (excluding diaryl/α,β-unsaturated/α-hetero) is 1. The molecule has 0 aliphatic carbocycles. The molecule has 0 aliphatic rings. The fraction of sp³-hybridized carbons (Fsp3) is 0.385. The maximum atomic E-state index is 12.2. The van der Waals surface area contributed by atoms with Gasteiger partial charge >= 0.3 is 0 Å². The molecule has 106 valence electrons. The predicted molar refractivity (Wildman–Crippen MR) is 79.3 cm³/mol. The molecule has 0 spiro atoms. The first-order chi connectivity index (χ1) is 9.50. The van der Waals surface area contributed by atoms with Gasteiger partial charge in [-0.1, -0.05) is 6.92 Å². The number of pyridine rings is 1. The molecule has 5 nitrogen and oxygen atoms in total. The highest BCUT2D eigenvalue weighted by Crippen LogP contribution is 2.17. The van der Waals surface area contributed by atoms with Crippen molar-refractivity contribution in [2.75, 3.05) is 5.88 Å². The Morgan fingerprint density at radius 3 is 2.85 bits per heavy atom. The normalized spacial score (nSPS) is 13.9. The van der Waals surface area contributed by atoms with Crippen LogP contribution in [0.1, 0.15) is 30.6 Å². The number of hydrogen-bond acceptors (Lipinski definition) is 5. The maximum absolute atomic E-state index is 12.2. The van der Waals surface area contributed by atoms with E-state index in [4.69, 9.17) is 11.6 Å². The van der Waals surface area contributed by atoms with Crippen LogP contribution >= 0.6 is 22.9 Å². The molecule has 0 radical (unpaired) electrons. The van der Waals surface area contributed by atoms with Crippen molar-refractivity contribution < 1.29 is 9.59 Å². The molecule has 2 aromatic heterocycles. The van der Waals surface area contributed by atoms with Crippen molar-refractivity contribution in [3.8, 4) is 0 Å². The van der Waals surface area contributed by atoms with Crippen LogP contribution in [0.3, 0.4) is 0 Å². The first-order valence-electron chi connectivity index (χ1n) is 6.11. The van der Waals surface area contributed by atoms with Crippen LogP contribution in [0.4, 0.5) is 0 Å². The number of amides is 1. The van der Waals surface area contributed by atoms with E-state index in [1.54, 1.807) is 18.5 Å². The minimum atomic E-state index is -0.962. The van der Waals surface area contributed by atoms with Crippen molar-refractivity contribution in [2.45, 2.75) is 25.8 Å². The largest absolute Gasteiger partial charge is 0.340 e. The van der Waals surface area contributed by atoms with Crippen molar-refractivity contribution in [1.29, 1.82) is 0 Å². The highest BCUT2D eigenvalue weighted by Gasteiger charge is 2.32. The molecule has 1 unspecified atom stereocenters. The van der Waals surface area contributed by atoms with Crippen molar-refractivity contribution in [3.05, 3.63) is 23.3 Å². The van der Waals surface area contributed by atoms with Crippen LogP contribution in [0.15, 0.2) is 17.8 Å². The number of alkyl halides is 1. The van der Waals surface area contributed by atoms with Crippen LogP contribution in [0.25, 0.3) is 10.3 Å². The van der Waals surface area contributed by atoms with E-state index in [9.17, 15) is 9.59 Å². The molecule has 2 heterocycles. The van der Waals surface area contributed by atoms with Crippen molar-refractivity contribution in [2.24, 2.45) is 0 Å². The van der Waals surface area contributed by atoms with E-state index in [0.29, 0.717) is 17.5 Å². The van der Waals surface area contributed by atoms with E-state index >= 15 is 0 Å². The van der Waals surface area contributed by atoms with E-state index in [2.05, 4.69) is 15.3 Å². The highest BCUT2D eigenvalue weighted by atomic mass is 35.5. The third-order valence-corrected chi connectivity index (χ3v) is 4.28. The molecule has 2 rings (SSSR count). The third kappa shape index (κ3) is 2.81. The van der Waals surface area contributed by atoms with Crippen LogP contribution in [0, 0.1) is 0 Å². The number of carbonyl (C=O) groups is 2. The smallest absolute Gasteiger partial charge is 0.253 e. The Balaban J connectivity index is 2.24. The quantitative estimate of drug-likeness (QED) is 0.861. The number of nitrogens with zero attached hydrogens (tertiary/aromatic N) is 2. The first kappa shape index (κ1) is 14.9. The van der Waals surface area contributed by atoms with Gasteiger partial charge in [0, 0.05) is 6.20 Å². The second-order valence-corrected chi connectivity index (χ2v) is 5.70. The van der Waals surface area contributed by atoms with Crippen molar-refractivity contribution >= 4 is 45.0 Å². The summed E-state index contributed by atoms with van der Waals surface area (Å²) in [6.45, 7) is 3.50. The van der Waals surface area contributed by atoms with Gasteiger partial charge in [0.1, 0.15) is 10.3 Å². The fourth-order valence-electron chi connectivity index (χ4n) is 1.71. The van der Waals surface area contributed by atoms with Crippen LogP contribution in [-0.4, -0.2) is 33.1 Å². The van der Waals surface area contributed by atoms with E-state index < -0.39 is 5.54 Å². The minimum Gasteiger partial charge on any atom is -0.340 e. The first-order valence-corrected chi connectivity index (χ1v) is 7.52. The molecule has 0 saturated heterocycles. The lowest BCUT2D eigenvalue weighted by Gasteiger charge is -2.27. The number of thiazole rings is 1. The van der Waals surface area contributed by atoms with Crippen LogP contribution in [0.5, 0.6) is 0 Å². The molecule has 0 aromatic carbocycles. The van der Waals surface area contributed by atoms with Gasteiger partial charge in [0.25, 0.3) is 5.91 Å². The molecule has 1 N–H and O–H groups in total. The Hall–Kier alpha value is -1.53. The monoisotopic (exact) mass is 311 g/mol. The number of halogens is 1. The predicted octanol–water partition coefficient (Wildman–Crippen LogP) is 2.40. The summed E-state index contributed by atoms with van der Waals surface area (Å²) < 4.78 is 0. The SMILES string of the molecule is CCC(C)(NC(=O)c1cnc2scnc2c1)C(=O)CCl. The van der Waals surface area contributed by atoms with E-state index in [0.717, 1.165) is 4.83 Å². The van der Waals surface area contributed by atoms with E-state index in [-0.39, 0.29) is 17.6 Å². The van der Waals surface area contributed by atoms with Gasteiger partial charge in [-0.15, -0.1) is 22.9 Å². The topological polar surface area (TPSA) is 72.0 Å². The molecule has 0 aliphatic heterocycles. The summed E-state index contributed by atoms with van der Waals surface area (Å²) in [7, 11) is 0. The highest BCUT2D eigenvalue weighted by molar-refractivity contribution is 7.16. The minimum absolute atomic E-state index is 0.131. The van der Waals surface area contributed by atoms with Crippen molar-refractivity contribution in [3.63, 3.8) is 0 Å². The Morgan fingerprint density at radius 2 is 2.20 bits per heavy atom. The molecule has 2 aromatic rings. The lowest BCUT2D eigenvalue weighted by atomic mass is 9.93. The second kappa shape index (κ2) is 5.85. The lowest BCUT2D eigenvalue weighted by molar-refractivity contribution is -0.122. The second-order valence-electron chi connectivity index (χ2n) is 4.60. The zero-order valence-corrected chi connectivity index (χ0v) is 12.7. The molecule has 7 heteroatoms. The maximum Gasteiger partial charge on any atom is 0.253 e. The van der Waals surface area contributed by atoms with Gasteiger partial charge in [0.15, 0.2) is 5.78 Å². The molecule has 0 bridgehead atoms. The number of ketones is 1. The van der Waals surface area contributed by atoms with Gasteiger partial charge in [0.05, 0.1) is 22.5 Å². The molecule has 1 atom stereocenters. The Bertz CT molecular complexity index is 658. The summed E-state index contributed by atoms with van der Waals surface area (Å²) >= 11 is 6.99. The van der Waals surface area contributed by atoms with Crippen LogP contribution < -0.4 is 5.32 Å². The molecule has 0 saturated carbocycles. The lowest BCUT2D eigenvalue weighted by Crippen LogP contribution is -2.52. The Morgan fingerprint density at radius 1 is 1.45 bits per heavy atom. The number of aromatic nitrogens is 2. The van der Waals surface area contributed by atoms with Gasteiger partial charge in [-0.25, -0.2) is 9.97 Å². The standard InChI is InChI=1S/C13H14ClN3O2S/c1-3-13(2,10(18)5-14)17-11(19)8-4-9-12(15-6-8)20-7-16-9/h4,6-7H,3,5H2,1-2H3,(H,17,19). The molecule has 1 amide bonds. The summed E-state index contributed by atoms with van der Waals surface area (Å²) in [5, 5.41) is 2.73. The van der Waals surface area contributed by atoms with E-state index in [1.807, 2.05) is 6.92 Å². The van der Waals surface area contributed by atoms with Gasteiger partial charge in [-0.2, -0.15) is 0 Å². The average Bonchev–Trinajstić information content (AvgIpc) is 2.93. The Labute approximate surface area is 125 Å². The number of nitrogens with one attached hydrogen (secondary N) is 1. The van der Waals surface area contributed by atoms with E-state index in [1.165, 1.54) is 17.5 Å². The number of hydrogen-bond donors (Lipinski definition) is 1. The Kier molecular flexibility index (Phi) is 4.35. The average molecular weight is 312 g/mol. The van der Waals surface area contributed by atoms with Crippen LogP contribution in [0.2, 0.25) is 0 Å². The summed E-state index contributed by atoms with van der Waals surface area (Å²) in [5.41, 5.74) is 1.76. The zero-order chi connectivity index (χ0) is 14.8. The summed E-state index contributed by atoms with van der Waals surface area (Å²) in [6.07, 6.45) is 1.95. The molecule has 20 heavy (non-hydrogen) atoms. The van der Waals surface area contributed by atoms with Crippen LogP contribution in [-0.2, 0) is 4.79 Å². The summed E-state index contributed by atoms with van der Waals surface area (Å²) in [5.74, 6) is -0.693. The molecular formula is C13H14ClN3O2S. The summed E-state index contributed by atoms with van der Waals surface area (Å²) in [6, 6.07) is 1.66. The molecule has 0 fully saturated rings.